The van der Waals surface area contributed by atoms with E-state index in [9.17, 15) is 14.4 Å². The molecule has 7 nitrogen and oxygen atoms in total. The molecule has 0 fully saturated rings. The van der Waals surface area contributed by atoms with Crippen LogP contribution in [0.1, 0.15) is 13.3 Å². The van der Waals surface area contributed by atoms with Crippen LogP contribution < -0.4 is 19.7 Å². The predicted octanol–water partition coefficient (Wildman–Crippen LogP) is 2.36. The number of rotatable bonds is 4. The highest BCUT2D eigenvalue weighted by Crippen LogP contribution is 2.35. The van der Waals surface area contributed by atoms with Crippen LogP contribution in [0.25, 0.3) is 0 Å². The van der Waals surface area contributed by atoms with Gasteiger partial charge in [-0.15, -0.1) is 0 Å². The average Bonchev–Trinajstić information content (AvgIpc) is 2.62. The van der Waals surface area contributed by atoms with E-state index >= 15 is 0 Å². The predicted molar refractivity (Wildman–Crippen MR) is 95.3 cm³/mol. The van der Waals surface area contributed by atoms with Gasteiger partial charge in [0.1, 0.15) is 11.8 Å². The molecule has 0 radical (unpaired) electrons. The van der Waals surface area contributed by atoms with E-state index in [1.807, 2.05) is 0 Å². The topological polar surface area (TPSA) is 84.9 Å². The average molecular weight is 354 g/mol. The Balaban J connectivity index is 1.77. The summed E-state index contributed by atoms with van der Waals surface area (Å²) in [6, 6.07) is 12.5. The van der Waals surface area contributed by atoms with Gasteiger partial charge in [0.05, 0.1) is 19.2 Å². The van der Waals surface area contributed by atoms with E-state index < -0.39 is 17.9 Å². The van der Waals surface area contributed by atoms with Crippen molar-refractivity contribution in [2.24, 2.45) is 0 Å². The normalized spacial score (nSPS) is 15.7. The summed E-state index contributed by atoms with van der Waals surface area (Å²) in [7, 11) is 1.55. The van der Waals surface area contributed by atoms with Gasteiger partial charge in [-0.1, -0.05) is 12.1 Å². The van der Waals surface area contributed by atoms with Crippen LogP contribution in [0.5, 0.6) is 11.5 Å². The number of ether oxygens (including phenoxy) is 2. The molecular weight excluding hydrogens is 336 g/mol. The Hall–Kier alpha value is -3.35. The Kier molecular flexibility index (Phi) is 4.88. The number of carbonyl (C=O) groups excluding carboxylic acids is 3. The minimum absolute atomic E-state index is 0.210. The number of para-hydroxylation sites is 2. The van der Waals surface area contributed by atoms with Crippen molar-refractivity contribution in [2.75, 3.05) is 17.3 Å². The standard InChI is InChI=1S/C19H18N2O5/c1-12(22)21-15-5-3-4-6-17(15)26-19(24)16(21)11-18(23)20-13-7-9-14(25-2)10-8-13/h3-10,16H,11H2,1-2H3,(H,20,23)/t16-/m0/s1. The number of nitrogens with one attached hydrogen (secondary N) is 1. The SMILES string of the molecule is COc1ccc(NC(=O)C[C@H]2C(=O)Oc3ccccc3N2C(C)=O)cc1. The first-order valence-corrected chi connectivity index (χ1v) is 8.04. The lowest BCUT2D eigenvalue weighted by atomic mass is 10.1. The van der Waals surface area contributed by atoms with Crippen LogP contribution in [0.4, 0.5) is 11.4 Å². The molecule has 134 valence electrons. The summed E-state index contributed by atoms with van der Waals surface area (Å²) in [5.74, 6) is -0.402. The van der Waals surface area contributed by atoms with Gasteiger partial charge in [-0.3, -0.25) is 14.5 Å². The van der Waals surface area contributed by atoms with Crippen molar-refractivity contribution in [2.45, 2.75) is 19.4 Å². The van der Waals surface area contributed by atoms with Crippen LogP contribution in [-0.2, 0) is 14.4 Å². The molecule has 1 heterocycles. The molecule has 1 atom stereocenters. The number of hydrogen-bond acceptors (Lipinski definition) is 5. The van der Waals surface area contributed by atoms with E-state index in [1.54, 1.807) is 55.6 Å². The van der Waals surface area contributed by atoms with E-state index in [2.05, 4.69) is 5.32 Å². The lowest BCUT2D eigenvalue weighted by Gasteiger charge is -2.34. The number of fused-ring (bicyclic) bond motifs is 1. The maximum atomic E-state index is 12.4. The van der Waals surface area contributed by atoms with Crippen LogP contribution in [0, 0.1) is 0 Å². The quantitative estimate of drug-likeness (QED) is 0.673. The zero-order valence-electron chi connectivity index (χ0n) is 14.4. The smallest absolute Gasteiger partial charge is 0.335 e. The molecule has 1 aliphatic rings. The van der Waals surface area contributed by atoms with Gasteiger partial charge in [0, 0.05) is 12.6 Å². The summed E-state index contributed by atoms with van der Waals surface area (Å²) >= 11 is 0. The second-order valence-electron chi connectivity index (χ2n) is 5.77. The number of hydrogen-bond donors (Lipinski definition) is 1. The number of nitrogens with zero attached hydrogens (tertiary/aromatic N) is 1. The summed E-state index contributed by atoms with van der Waals surface area (Å²) < 4.78 is 10.3. The second kappa shape index (κ2) is 7.26. The minimum Gasteiger partial charge on any atom is -0.497 e. The minimum atomic E-state index is -1.01. The number of amides is 2. The molecule has 0 bridgehead atoms. The highest BCUT2D eigenvalue weighted by molar-refractivity contribution is 6.05. The Morgan fingerprint density at radius 2 is 1.85 bits per heavy atom. The second-order valence-corrected chi connectivity index (χ2v) is 5.77. The van der Waals surface area contributed by atoms with Gasteiger partial charge in [-0.2, -0.15) is 0 Å². The zero-order chi connectivity index (χ0) is 18.7. The molecule has 26 heavy (non-hydrogen) atoms. The Morgan fingerprint density at radius 3 is 2.50 bits per heavy atom. The summed E-state index contributed by atoms with van der Waals surface area (Å²) in [5, 5.41) is 2.70. The maximum Gasteiger partial charge on any atom is 0.335 e. The first-order chi connectivity index (χ1) is 12.5. The van der Waals surface area contributed by atoms with Crippen molar-refractivity contribution < 1.29 is 23.9 Å². The van der Waals surface area contributed by atoms with E-state index in [4.69, 9.17) is 9.47 Å². The molecular formula is C19H18N2O5. The van der Waals surface area contributed by atoms with E-state index in [0.29, 0.717) is 22.9 Å². The first kappa shape index (κ1) is 17.5. The molecule has 0 aliphatic carbocycles. The van der Waals surface area contributed by atoms with Crippen LogP contribution in [0.15, 0.2) is 48.5 Å². The fourth-order valence-corrected chi connectivity index (χ4v) is 2.82. The van der Waals surface area contributed by atoms with Crippen molar-refractivity contribution >= 4 is 29.2 Å². The van der Waals surface area contributed by atoms with Gasteiger partial charge >= 0.3 is 5.97 Å². The van der Waals surface area contributed by atoms with Crippen molar-refractivity contribution in [3.8, 4) is 11.5 Å². The summed E-state index contributed by atoms with van der Waals surface area (Å²) in [6.07, 6.45) is -0.210. The number of esters is 1. The summed E-state index contributed by atoms with van der Waals surface area (Å²) in [6.45, 7) is 1.35. The van der Waals surface area contributed by atoms with Crippen molar-refractivity contribution in [3.05, 3.63) is 48.5 Å². The summed E-state index contributed by atoms with van der Waals surface area (Å²) in [5.41, 5.74) is 1.04. The summed E-state index contributed by atoms with van der Waals surface area (Å²) in [4.78, 5) is 38.1. The molecule has 3 rings (SSSR count). The first-order valence-electron chi connectivity index (χ1n) is 8.04. The van der Waals surface area contributed by atoms with Gasteiger partial charge < -0.3 is 14.8 Å². The fraction of sp³-hybridized carbons (Fsp3) is 0.211. The van der Waals surface area contributed by atoms with Gasteiger partial charge in [-0.05, 0) is 36.4 Å². The molecule has 7 heteroatoms. The molecule has 1 N–H and O–H groups in total. The van der Waals surface area contributed by atoms with Crippen LogP contribution >= 0.6 is 0 Å². The third-order valence-electron chi connectivity index (χ3n) is 4.01. The largest absolute Gasteiger partial charge is 0.497 e. The van der Waals surface area contributed by atoms with Crippen molar-refractivity contribution in [1.82, 2.24) is 0 Å². The number of anilines is 2. The van der Waals surface area contributed by atoms with Crippen LogP contribution in [0.2, 0.25) is 0 Å². The molecule has 0 unspecified atom stereocenters. The van der Waals surface area contributed by atoms with E-state index in [-0.39, 0.29) is 12.3 Å². The maximum absolute atomic E-state index is 12.4. The molecule has 0 spiro atoms. The number of benzene rings is 2. The van der Waals surface area contributed by atoms with Gasteiger partial charge in [0.15, 0.2) is 5.75 Å². The number of carbonyl (C=O) groups is 3. The monoisotopic (exact) mass is 354 g/mol. The molecule has 0 saturated heterocycles. The highest BCUT2D eigenvalue weighted by Gasteiger charge is 2.38. The Labute approximate surface area is 150 Å². The van der Waals surface area contributed by atoms with Crippen LogP contribution in [0.3, 0.4) is 0 Å². The van der Waals surface area contributed by atoms with Gasteiger partial charge in [-0.25, -0.2) is 4.79 Å². The van der Waals surface area contributed by atoms with Gasteiger partial charge in [0.25, 0.3) is 0 Å². The molecule has 2 aromatic carbocycles. The Morgan fingerprint density at radius 1 is 1.15 bits per heavy atom. The number of methoxy groups -OCH3 is 1. The van der Waals surface area contributed by atoms with E-state index in [1.165, 1.54) is 11.8 Å². The Bertz CT molecular complexity index is 847. The molecule has 1 aliphatic heterocycles. The molecule has 2 aromatic rings. The lowest BCUT2D eigenvalue weighted by Crippen LogP contribution is -2.50. The lowest BCUT2D eigenvalue weighted by molar-refractivity contribution is -0.140. The third kappa shape index (κ3) is 3.51. The highest BCUT2D eigenvalue weighted by atomic mass is 16.5. The van der Waals surface area contributed by atoms with Crippen molar-refractivity contribution in [1.29, 1.82) is 0 Å². The molecule has 0 saturated carbocycles. The van der Waals surface area contributed by atoms with Crippen molar-refractivity contribution in [3.63, 3.8) is 0 Å². The molecule has 2 amide bonds. The van der Waals surface area contributed by atoms with E-state index in [0.717, 1.165) is 0 Å². The third-order valence-corrected chi connectivity index (χ3v) is 4.01. The van der Waals surface area contributed by atoms with Crippen LogP contribution in [-0.4, -0.2) is 30.9 Å². The van der Waals surface area contributed by atoms with Gasteiger partial charge in [0.2, 0.25) is 11.8 Å². The fourth-order valence-electron chi connectivity index (χ4n) is 2.82. The zero-order valence-corrected chi connectivity index (χ0v) is 14.4. The molecule has 0 aromatic heterocycles.